The number of nitrogens with zero attached hydrogens (tertiary/aromatic N) is 2. The Bertz CT molecular complexity index is 616. The highest BCUT2D eigenvalue weighted by Gasteiger charge is 2.34. The summed E-state index contributed by atoms with van der Waals surface area (Å²) in [6, 6.07) is 0. The zero-order chi connectivity index (χ0) is 15.0. The predicted octanol–water partition coefficient (Wildman–Crippen LogP) is 2.62. The molecule has 1 unspecified atom stereocenters. The van der Waals surface area contributed by atoms with Gasteiger partial charge in [-0.15, -0.1) is 0 Å². The average Bonchev–Trinajstić information content (AvgIpc) is 2.62. The monoisotopic (exact) mass is 296 g/mol. The number of allylic oxidation sites excluding steroid dienone is 2. The van der Waals surface area contributed by atoms with Gasteiger partial charge in [-0.3, -0.25) is 14.3 Å². The van der Waals surface area contributed by atoms with E-state index in [4.69, 9.17) is 11.6 Å². The van der Waals surface area contributed by atoms with Crippen molar-refractivity contribution in [2.75, 3.05) is 0 Å². The number of aromatic nitrogens is 2. The molecule has 0 radical (unpaired) electrons. The van der Waals surface area contributed by atoms with Crippen LogP contribution in [-0.2, 0) is 16.6 Å². The lowest BCUT2D eigenvalue weighted by molar-refractivity contribution is -0.122. The summed E-state index contributed by atoms with van der Waals surface area (Å²) in [6.07, 6.45) is 0.638. The van der Waals surface area contributed by atoms with Crippen LogP contribution in [0.2, 0.25) is 5.15 Å². The second kappa shape index (κ2) is 5.40. The molecule has 0 amide bonds. The van der Waals surface area contributed by atoms with Crippen molar-refractivity contribution in [3.63, 3.8) is 0 Å². The number of Topliss-reactive ketones (excluding diaryl/α,β-unsaturated/α-hetero) is 2. The molecule has 1 aliphatic rings. The van der Waals surface area contributed by atoms with E-state index in [1.165, 1.54) is 0 Å². The molecule has 2 rings (SSSR count). The molecule has 0 bridgehead atoms. The van der Waals surface area contributed by atoms with Crippen molar-refractivity contribution in [2.24, 2.45) is 7.05 Å². The molecule has 6 heteroatoms. The molecule has 20 heavy (non-hydrogen) atoms. The van der Waals surface area contributed by atoms with E-state index in [-0.39, 0.29) is 48.1 Å². The summed E-state index contributed by atoms with van der Waals surface area (Å²) in [5.41, 5.74) is 1.48. The summed E-state index contributed by atoms with van der Waals surface area (Å²) in [5.74, 6) is -0.973. The van der Waals surface area contributed by atoms with E-state index >= 15 is 0 Å². The number of aryl methyl sites for hydroxylation is 2. The normalized spacial score (nSPS) is 19.6. The number of hydrogen-bond acceptors (Lipinski definition) is 4. The van der Waals surface area contributed by atoms with Crippen LogP contribution < -0.4 is 0 Å². The second-order valence-corrected chi connectivity index (χ2v) is 5.40. The minimum atomic E-state index is -0.315. The molecule has 0 aliphatic heterocycles. The van der Waals surface area contributed by atoms with E-state index in [0.29, 0.717) is 5.15 Å². The van der Waals surface area contributed by atoms with Crippen molar-refractivity contribution in [2.45, 2.75) is 39.0 Å². The number of aliphatic hydroxyl groups excluding tert-OH is 1. The fraction of sp³-hybridized carbons (Fsp3) is 0.500. The minimum absolute atomic E-state index is 0.0404. The Balaban J connectivity index is 2.39. The van der Waals surface area contributed by atoms with E-state index in [1.54, 1.807) is 18.7 Å². The molecule has 1 aromatic heterocycles. The van der Waals surface area contributed by atoms with Gasteiger partial charge in [0.25, 0.3) is 0 Å². The number of aliphatic hydroxyl groups is 1. The smallest absolute Gasteiger partial charge is 0.170 e. The molecule has 0 saturated heterocycles. The van der Waals surface area contributed by atoms with Crippen LogP contribution in [0.15, 0.2) is 11.3 Å². The summed E-state index contributed by atoms with van der Waals surface area (Å²) in [7, 11) is 1.73. The highest BCUT2D eigenvalue weighted by atomic mass is 35.5. The molecule has 0 aromatic carbocycles. The standard InChI is InChI=1S/C14H17ClN2O3/c1-4-9(18)13-10(19)5-8(6-11(13)20)12-7(2)16-17(3)14(12)15/h8,19H,4-6H2,1-3H3. The summed E-state index contributed by atoms with van der Waals surface area (Å²) in [6.45, 7) is 3.49. The van der Waals surface area contributed by atoms with Crippen LogP contribution in [0, 0.1) is 6.92 Å². The molecule has 1 aliphatic carbocycles. The Morgan fingerprint density at radius 1 is 1.50 bits per heavy atom. The molecule has 1 heterocycles. The van der Waals surface area contributed by atoms with E-state index < -0.39 is 0 Å². The Hall–Kier alpha value is -1.62. The third kappa shape index (κ3) is 2.38. The number of hydrogen-bond donors (Lipinski definition) is 1. The van der Waals surface area contributed by atoms with Gasteiger partial charge in [0, 0.05) is 37.8 Å². The van der Waals surface area contributed by atoms with Crippen molar-refractivity contribution in [1.29, 1.82) is 0 Å². The topological polar surface area (TPSA) is 72.2 Å². The largest absolute Gasteiger partial charge is 0.511 e. The van der Waals surface area contributed by atoms with Crippen LogP contribution in [-0.4, -0.2) is 26.5 Å². The lowest BCUT2D eigenvalue weighted by atomic mass is 9.81. The minimum Gasteiger partial charge on any atom is -0.511 e. The molecule has 1 atom stereocenters. The van der Waals surface area contributed by atoms with Gasteiger partial charge in [-0.1, -0.05) is 18.5 Å². The Morgan fingerprint density at radius 3 is 2.60 bits per heavy atom. The van der Waals surface area contributed by atoms with Gasteiger partial charge in [0.1, 0.15) is 10.9 Å². The van der Waals surface area contributed by atoms with Crippen LogP contribution in [0.3, 0.4) is 0 Å². The van der Waals surface area contributed by atoms with Gasteiger partial charge in [-0.2, -0.15) is 5.10 Å². The van der Waals surface area contributed by atoms with Crippen molar-refractivity contribution in [1.82, 2.24) is 9.78 Å². The van der Waals surface area contributed by atoms with Crippen molar-refractivity contribution >= 4 is 23.2 Å². The highest BCUT2D eigenvalue weighted by Crippen LogP contribution is 2.38. The van der Waals surface area contributed by atoms with Gasteiger partial charge in [0.15, 0.2) is 11.6 Å². The molecule has 0 fully saturated rings. The first kappa shape index (κ1) is 14.8. The maximum atomic E-state index is 12.1. The third-order valence-electron chi connectivity index (χ3n) is 3.64. The van der Waals surface area contributed by atoms with Gasteiger partial charge in [0.05, 0.1) is 11.3 Å². The van der Waals surface area contributed by atoms with E-state index in [2.05, 4.69) is 5.10 Å². The van der Waals surface area contributed by atoms with Crippen molar-refractivity contribution in [3.8, 4) is 0 Å². The van der Waals surface area contributed by atoms with Gasteiger partial charge in [-0.05, 0) is 6.92 Å². The molecular formula is C14H17ClN2O3. The first-order valence-electron chi connectivity index (χ1n) is 6.54. The van der Waals surface area contributed by atoms with Gasteiger partial charge < -0.3 is 5.11 Å². The number of carbonyl (C=O) groups is 2. The number of rotatable bonds is 3. The highest BCUT2D eigenvalue weighted by molar-refractivity contribution is 6.30. The molecular weight excluding hydrogens is 280 g/mol. The van der Waals surface area contributed by atoms with Gasteiger partial charge in [-0.25, -0.2) is 0 Å². The molecule has 0 saturated carbocycles. The van der Waals surface area contributed by atoms with Crippen LogP contribution >= 0.6 is 11.6 Å². The van der Waals surface area contributed by atoms with Crippen LogP contribution in [0.25, 0.3) is 0 Å². The predicted molar refractivity (Wildman–Crippen MR) is 74.9 cm³/mol. The Kier molecular flexibility index (Phi) is 3.99. The molecule has 5 nitrogen and oxygen atoms in total. The fourth-order valence-corrected chi connectivity index (χ4v) is 3.03. The lowest BCUT2D eigenvalue weighted by Gasteiger charge is -2.22. The van der Waals surface area contributed by atoms with Crippen molar-refractivity contribution < 1.29 is 14.7 Å². The number of halogens is 1. The lowest BCUT2D eigenvalue weighted by Crippen LogP contribution is -2.23. The van der Waals surface area contributed by atoms with E-state index in [9.17, 15) is 14.7 Å². The van der Waals surface area contributed by atoms with Crippen LogP contribution in [0.5, 0.6) is 0 Å². The summed E-state index contributed by atoms with van der Waals surface area (Å²) in [4.78, 5) is 23.8. The second-order valence-electron chi connectivity index (χ2n) is 5.04. The first-order valence-corrected chi connectivity index (χ1v) is 6.92. The molecule has 1 N–H and O–H groups in total. The fourth-order valence-electron chi connectivity index (χ4n) is 2.70. The van der Waals surface area contributed by atoms with E-state index in [1.807, 2.05) is 6.92 Å². The van der Waals surface area contributed by atoms with E-state index in [0.717, 1.165) is 11.3 Å². The zero-order valence-corrected chi connectivity index (χ0v) is 12.5. The Labute approximate surface area is 122 Å². The van der Waals surface area contributed by atoms with Crippen molar-refractivity contribution in [3.05, 3.63) is 27.7 Å². The maximum Gasteiger partial charge on any atom is 0.170 e. The summed E-state index contributed by atoms with van der Waals surface area (Å²) < 4.78 is 1.55. The summed E-state index contributed by atoms with van der Waals surface area (Å²) >= 11 is 6.19. The maximum absolute atomic E-state index is 12.1. The number of ketones is 2. The first-order chi connectivity index (χ1) is 9.36. The number of carbonyl (C=O) groups excluding carboxylic acids is 2. The van der Waals surface area contributed by atoms with Crippen LogP contribution in [0.1, 0.15) is 43.4 Å². The Morgan fingerprint density at radius 2 is 2.15 bits per heavy atom. The third-order valence-corrected chi connectivity index (χ3v) is 4.09. The van der Waals surface area contributed by atoms with Crippen LogP contribution in [0.4, 0.5) is 0 Å². The SMILES string of the molecule is CCC(=O)C1=C(O)CC(c2c(C)nn(C)c2Cl)CC1=O. The zero-order valence-electron chi connectivity index (χ0n) is 11.7. The summed E-state index contributed by atoms with van der Waals surface area (Å²) in [5, 5.41) is 14.7. The van der Waals surface area contributed by atoms with Gasteiger partial charge >= 0.3 is 0 Å². The molecule has 1 aromatic rings. The molecule has 0 spiro atoms. The van der Waals surface area contributed by atoms with Gasteiger partial charge in [0.2, 0.25) is 0 Å². The average molecular weight is 297 g/mol. The quantitative estimate of drug-likeness (QED) is 0.870. The molecule has 108 valence electrons.